The van der Waals surface area contributed by atoms with Gasteiger partial charge >= 0.3 is 0 Å². The summed E-state index contributed by atoms with van der Waals surface area (Å²) >= 11 is 1.67. The molecule has 0 spiro atoms. The van der Waals surface area contributed by atoms with Crippen molar-refractivity contribution in [2.75, 3.05) is 13.1 Å². The second-order valence-corrected chi connectivity index (χ2v) is 8.97. The summed E-state index contributed by atoms with van der Waals surface area (Å²) in [6.07, 6.45) is 4.04. The van der Waals surface area contributed by atoms with Gasteiger partial charge in [-0.05, 0) is 41.8 Å². The van der Waals surface area contributed by atoms with E-state index in [4.69, 9.17) is 5.10 Å². The van der Waals surface area contributed by atoms with E-state index in [1.165, 1.54) is 6.42 Å². The minimum Gasteiger partial charge on any atom is -0.337 e. The van der Waals surface area contributed by atoms with Crippen molar-refractivity contribution < 1.29 is 4.79 Å². The molecule has 0 radical (unpaired) electrons. The highest BCUT2D eigenvalue weighted by molar-refractivity contribution is 7.13. The average Bonchev–Trinajstić information content (AvgIpc) is 3.43. The molecule has 1 aliphatic heterocycles. The van der Waals surface area contributed by atoms with Crippen molar-refractivity contribution in [3.05, 3.63) is 71.4 Å². The van der Waals surface area contributed by atoms with E-state index in [1.54, 1.807) is 11.3 Å². The second-order valence-electron chi connectivity index (χ2n) is 8.02. The zero-order valence-corrected chi connectivity index (χ0v) is 17.8. The molecule has 5 rings (SSSR count). The third-order valence-electron chi connectivity index (χ3n) is 5.74. The minimum absolute atomic E-state index is 0.0177. The maximum absolute atomic E-state index is 13.6. The van der Waals surface area contributed by atoms with Crippen LogP contribution in [0.25, 0.3) is 21.5 Å². The third-order valence-corrected chi connectivity index (χ3v) is 6.64. The fourth-order valence-electron chi connectivity index (χ4n) is 4.28. The third kappa shape index (κ3) is 3.52. The Bertz CT molecular complexity index is 1170. The Hall–Kier alpha value is -2.99. The van der Waals surface area contributed by atoms with Crippen molar-refractivity contribution in [2.24, 2.45) is 5.92 Å². The normalized spacial score (nSPS) is 16.8. The van der Waals surface area contributed by atoms with Gasteiger partial charge in [-0.25, -0.2) is 9.67 Å². The van der Waals surface area contributed by atoms with Gasteiger partial charge in [0.1, 0.15) is 0 Å². The molecular formula is C24H24N4OS. The van der Waals surface area contributed by atoms with E-state index in [9.17, 15) is 4.79 Å². The lowest BCUT2D eigenvalue weighted by Crippen LogP contribution is -2.39. The van der Waals surface area contributed by atoms with Crippen molar-refractivity contribution in [2.45, 2.75) is 26.3 Å². The maximum Gasteiger partial charge on any atom is 0.275 e. The molecule has 0 bridgehead atoms. The highest BCUT2D eigenvalue weighted by atomic mass is 32.1. The lowest BCUT2D eigenvalue weighted by molar-refractivity contribution is 0.0678. The summed E-state index contributed by atoms with van der Waals surface area (Å²) in [5.74, 6) is 0.541. The number of fused-ring (bicyclic) bond motifs is 1. The molecule has 1 aliphatic rings. The van der Waals surface area contributed by atoms with Crippen LogP contribution in [-0.2, 0) is 6.54 Å². The van der Waals surface area contributed by atoms with Crippen LogP contribution in [0.5, 0.6) is 0 Å². The van der Waals surface area contributed by atoms with Gasteiger partial charge in [-0.2, -0.15) is 5.10 Å². The number of hydrogen-bond donors (Lipinski definition) is 0. The molecule has 1 fully saturated rings. The summed E-state index contributed by atoms with van der Waals surface area (Å²) in [5.41, 5.74) is 3.45. The molecule has 0 N–H and O–H groups in total. The van der Waals surface area contributed by atoms with Crippen molar-refractivity contribution in [3.8, 4) is 10.4 Å². The second kappa shape index (κ2) is 8.03. The fraction of sp³-hybridized carbons (Fsp3) is 0.292. The molecule has 0 aliphatic carbocycles. The van der Waals surface area contributed by atoms with Crippen LogP contribution in [0, 0.1) is 5.92 Å². The zero-order valence-electron chi connectivity index (χ0n) is 17.0. The number of amides is 1. The lowest BCUT2D eigenvalue weighted by atomic mass is 9.99. The Balaban J connectivity index is 1.65. The summed E-state index contributed by atoms with van der Waals surface area (Å²) in [5, 5.41) is 7.74. The van der Waals surface area contributed by atoms with E-state index in [2.05, 4.69) is 35.5 Å². The van der Waals surface area contributed by atoms with Gasteiger partial charge in [-0.15, -0.1) is 11.3 Å². The molecule has 1 saturated heterocycles. The monoisotopic (exact) mass is 416 g/mol. The van der Waals surface area contributed by atoms with Crippen molar-refractivity contribution in [3.63, 3.8) is 0 Å². The van der Waals surface area contributed by atoms with Gasteiger partial charge in [0, 0.05) is 29.7 Å². The number of hydrogen-bond acceptors (Lipinski definition) is 4. The van der Waals surface area contributed by atoms with Crippen LogP contribution in [0.2, 0.25) is 0 Å². The number of rotatable bonds is 4. The molecule has 3 aromatic heterocycles. The molecule has 5 nitrogen and oxygen atoms in total. The summed E-state index contributed by atoms with van der Waals surface area (Å²) in [6.45, 7) is 4.39. The predicted octanol–water partition coefficient (Wildman–Crippen LogP) is 5.08. The smallest absolute Gasteiger partial charge is 0.275 e. The van der Waals surface area contributed by atoms with E-state index in [0.29, 0.717) is 18.2 Å². The Kier molecular flexibility index (Phi) is 5.09. The molecule has 30 heavy (non-hydrogen) atoms. The summed E-state index contributed by atoms with van der Waals surface area (Å²) in [6, 6.07) is 16.3. The molecule has 1 unspecified atom stereocenters. The van der Waals surface area contributed by atoms with Crippen LogP contribution in [0.4, 0.5) is 0 Å². The minimum atomic E-state index is 0.0177. The first-order chi connectivity index (χ1) is 14.7. The molecule has 4 heterocycles. The Morgan fingerprint density at radius 1 is 1.17 bits per heavy atom. The number of aromatic nitrogens is 3. The summed E-state index contributed by atoms with van der Waals surface area (Å²) in [4.78, 5) is 21.3. The first-order valence-corrected chi connectivity index (χ1v) is 11.3. The molecule has 0 saturated carbocycles. The molecule has 4 aromatic rings. The molecular weight excluding hydrogens is 392 g/mol. The number of pyridine rings is 1. The number of thiophene rings is 1. The van der Waals surface area contributed by atoms with E-state index >= 15 is 0 Å². The molecule has 1 atom stereocenters. The molecule has 1 amide bonds. The Morgan fingerprint density at radius 3 is 2.80 bits per heavy atom. The van der Waals surface area contributed by atoms with Crippen LogP contribution in [0.3, 0.4) is 0 Å². The number of nitrogens with zero attached hydrogens (tertiary/aromatic N) is 4. The topological polar surface area (TPSA) is 51.0 Å². The van der Waals surface area contributed by atoms with E-state index in [1.807, 2.05) is 46.1 Å². The lowest BCUT2D eigenvalue weighted by Gasteiger charge is -2.30. The number of carbonyl (C=O) groups is 1. The number of likely N-dealkylation sites (tertiary alicyclic amines) is 1. The highest BCUT2D eigenvalue weighted by Gasteiger charge is 2.28. The van der Waals surface area contributed by atoms with Gasteiger partial charge < -0.3 is 4.90 Å². The van der Waals surface area contributed by atoms with Gasteiger partial charge in [0.2, 0.25) is 0 Å². The number of carbonyl (C=O) groups excluding carboxylic acids is 1. The van der Waals surface area contributed by atoms with Crippen LogP contribution < -0.4 is 0 Å². The quantitative estimate of drug-likeness (QED) is 0.466. The Labute approximate surface area is 180 Å². The molecule has 1 aromatic carbocycles. The van der Waals surface area contributed by atoms with Crippen molar-refractivity contribution in [1.82, 2.24) is 19.7 Å². The zero-order chi connectivity index (χ0) is 20.5. The van der Waals surface area contributed by atoms with Gasteiger partial charge in [-0.3, -0.25) is 4.79 Å². The number of benzene rings is 1. The van der Waals surface area contributed by atoms with Crippen LogP contribution in [0.15, 0.2) is 60.1 Å². The molecule has 152 valence electrons. The van der Waals surface area contributed by atoms with Gasteiger partial charge in [-0.1, -0.05) is 43.3 Å². The largest absolute Gasteiger partial charge is 0.337 e. The van der Waals surface area contributed by atoms with Crippen molar-refractivity contribution >= 4 is 28.3 Å². The van der Waals surface area contributed by atoms with Gasteiger partial charge in [0.15, 0.2) is 11.3 Å². The molecule has 6 heteroatoms. The van der Waals surface area contributed by atoms with Crippen molar-refractivity contribution in [1.29, 1.82) is 0 Å². The Morgan fingerprint density at radius 2 is 2.03 bits per heavy atom. The average molecular weight is 417 g/mol. The standard InChI is InChI=1S/C24H24N4OS/c1-17-7-5-13-27(15-17)24(29)22-21-19(20-10-6-14-30-20)11-12-25-23(21)28(26-22)16-18-8-3-2-4-9-18/h2-4,6,8-12,14,17H,5,7,13,15-16H2,1H3. The van der Waals surface area contributed by atoms with E-state index in [0.717, 1.165) is 46.5 Å². The first kappa shape index (κ1) is 19.0. The number of piperidine rings is 1. The van der Waals surface area contributed by atoms with Crippen LogP contribution in [0.1, 0.15) is 35.8 Å². The van der Waals surface area contributed by atoms with E-state index < -0.39 is 0 Å². The summed E-state index contributed by atoms with van der Waals surface area (Å²) in [7, 11) is 0. The van der Waals surface area contributed by atoms with Crippen LogP contribution >= 0.6 is 11.3 Å². The van der Waals surface area contributed by atoms with Gasteiger partial charge in [0.25, 0.3) is 5.91 Å². The van der Waals surface area contributed by atoms with Crippen LogP contribution in [-0.4, -0.2) is 38.7 Å². The van der Waals surface area contributed by atoms with E-state index in [-0.39, 0.29) is 5.91 Å². The first-order valence-electron chi connectivity index (χ1n) is 10.4. The highest BCUT2D eigenvalue weighted by Crippen LogP contribution is 2.34. The predicted molar refractivity (Wildman–Crippen MR) is 121 cm³/mol. The van der Waals surface area contributed by atoms with Gasteiger partial charge in [0.05, 0.1) is 11.9 Å². The maximum atomic E-state index is 13.6. The SMILES string of the molecule is CC1CCCN(C(=O)c2nn(Cc3ccccc3)c3nccc(-c4cccs4)c23)C1. The summed E-state index contributed by atoms with van der Waals surface area (Å²) < 4.78 is 1.88. The fourth-order valence-corrected chi connectivity index (χ4v) is 5.03.